The van der Waals surface area contributed by atoms with Crippen molar-refractivity contribution < 1.29 is 9.16 Å². The summed E-state index contributed by atoms with van der Waals surface area (Å²) in [5.74, 6) is 0. The Morgan fingerprint density at radius 2 is 1.62 bits per heavy atom. The summed E-state index contributed by atoms with van der Waals surface area (Å²) in [4.78, 5) is 0. The van der Waals surface area contributed by atoms with E-state index in [2.05, 4.69) is 20.8 Å². The summed E-state index contributed by atoms with van der Waals surface area (Å²) in [7, 11) is -0.378. The number of hydrogen-bond donors (Lipinski definition) is 0. The number of ether oxygens (including phenoxy) is 1. The molecule has 0 spiro atoms. The monoisotopic (exact) mass is 204 g/mol. The molecule has 0 aliphatic heterocycles. The van der Waals surface area contributed by atoms with Crippen molar-refractivity contribution in [2.45, 2.75) is 58.8 Å². The molecule has 0 aromatic carbocycles. The molecule has 0 aliphatic carbocycles. The maximum Gasteiger partial charge on any atom is 0.168 e. The van der Waals surface area contributed by atoms with E-state index >= 15 is 0 Å². The van der Waals surface area contributed by atoms with Crippen molar-refractivity contribution in [3.63, 3.8) is 0 Å². The van der Waals surface area contributed by atoms with Crippen molar-refractivity contribution in [1.29, 1.82) is 0 Å². The molecule has 0 radical (unpaired) electrons. The van der Waals surface area contributed by atoms with Crippen LogP contribution >= 0.6 is 0 Å². The van der Waals surface area contributed by atoms with Crippen LogP contribution in [0, 0.1) is 0 Å². The van der Waals surface area contributed by atoms with Crippen LogP contribution < -0.4 is 0 Å². The minimum atomic E-state index is -0.378. The summed E-state index contributed by atoms with van der Waals surface area (Å²) in [6, 6.07) is 0. The van der Waals surface area contributed by atoms with E-state index in [-0.39, 0.29) is 16.1 Å². The molecular formula is C10H24O2Si. The van der Waals surface area contributed by atoms with Crippen LogP contribution in [0.1, 0.15) is 47.0 Å². The highest BCUT2D eigenvalue weighted by Gasteiger charge is 2.10. The lowest BCUT2D eigenvalue weighted by atomic mass is 10.3. The lowest BCUT2D eigenvalue weighted by Gasteiger charge is -2.19. The predicted octanol–water partition coefficient (Wildman–Crippen LogP) is 2.47. The van der Waals surface area contributed by atoms with Crippen LogP contribution in [0.4, 0.5) is 0 Å². The zero-order valence-corrected chi connectivity index (χ0v) is 10.9. The van der Waals surface area contributed by atoms with E-state index in [9.17, 15) is 0 Å². The quantitative estimate of drug-likeness (QED) is 0.447. The SMILES string of the molecule is CCOC(CC)O[SiH2]C(CC)CC. The summed E-state index contributed by atoms with van der Waals surface area (Å²) in [6.45, 7) is 9.38. The van der Waals surface area contributed by atoms with Crippen molar-refractivity contribution in [2.24, 2.45) is 0 Å². The highest BCUT2D eigenvalue weighted by Crippen LogP contribution is 2.14. The van der Waals surface area contributed by atoms with Gasteiger partial charge in [0.1, 0.15) is 6.29 Å². The van der Waals surface area contributed by atoms with Crippen LogP contribution in [0.2, 0.25) is 5.54 Å². The zero-order chi connectivity index (χ0) is 10.1. The molecule has 0 N–H and O–H groups in total. The molecule has 2 nitrogen and oxygen atoms in total. The molecular weight excluding hydrogens is 180 g/mol. The van der Waals surface area contributed by atoms with Crippen molar-refractivity contribution in [1.82, 2.24) is 0 Å². The molecule has 3 heteroatoms. The number of rotatable bonds is 8. The summed E-state index contributed by atoms with van der Waals surface area (Å²) >= 11 is 0. The van der Waals surface area contributed by atoms with Crippen molar-refractivity contribution in [3.8, 4) is 0 Å². The Kier molecular flexibility index (Phi) is 8.81. The van der Waals surface area contributed by atoms with Crippen LogP contribution in [-0.2, 0) is 9.16 Å². The Morgan fingerprint density at radius 1 is 1.00 bits per heavy atom. The molecule has 0 aliphatic rings. The highest BCUT2D eigenvalue weighted by molar-refractivity contribution is 6.29. The maximum absolute atomic E-state index is 5.79. The fraction of sp³-hybridized carbons (Fsp3) is 1.00. The molecule has 80 valence electrons. The Bertz CT molecular complexity index is 105. The lowest BCUT2D eigenvalue weighted by molar-refractivity contribution is -0.0770. The zero-order valence-electron chi connectivity index (χ0n) is 9.51. The second-order valence-corrected chi connectivity index (χ2v) is 5.13. The Balaban J connectivity index is 3.56. The van der Waals surface area contributed by atoms with Crippen LogP contribution in [0.3, 0.4) is 0 Å². The molecule has 0 saturated heterocycles. The van der Waals surface area contributed by atoms with Gasteiger partial charge in [-0.25, -0.2) is 0 Å². The van der Waals surface area contributed by atoms with Crippen LogP contribution in [0.25, 0.3) is 0 Å². The normalized spacial score (nSPS) is 14.5. The van der Waals surface area contributed by atoms with E-state index in [1.54, 1.807) is 0 Å². The molecule has 0 aromatic heterocycles. The van der Waals surface area contributed by atoms with Gasteiger partial charge >= 0.3 is 0 Å². The molecule has 13 heavy (non-hydrogen) atoms. The molecule has 1 unspecified atom stereocenters. The molecule has 0 heterocycles. The first-order valence-corrected chi connectivity index (χ1v) is 6.90. The van der Waals surface area contributed by atoms with E-state index in [0.717, 1.165) is 18.6 Å². The van der Waals surface area contributed by atoms with Gasteiger partial charge in [-0.15, -0.1) is 0 Å². The Morgan fingerprint density at radius 3 is 2.00 bits per heavy atom. The predicted molar refractivity (Wildman–Crippen MR) is 59.7 cm³/mol. The minimum absolute atomic E-state index is 0.0669. The molecule has 0 amide bonds. The fourth-order valence-corrected chi connectivity index (χ4v) is 2.53. The molecule has 0 aromatic rings. The summed E-state index contributed by atoms with van der Waals surface area (Å²) in [6.07, 6.45) is 3.55. The minimum Gasteiger partial charge on any atom is -0.399 e. The summed E-state index contributed by atoms with van der Waals surface area (Å²) < 4.78 is 11.2. The lowest BCUT2D eigenvalue weighted by Crippen LogP contribution is -2.20. The van der Waals surface area contributed by atoms with E-state index in [1.165, 1.54) is 12.8 Å². The first kappa shape index (κ1) is 13.1. The maximum atomic E-state index is 5.79. The molecule has 0 rings (SSSR count). The Labute approximate surface area is 84.9 Å². The van der Waals surface area contributed by atoms with Gasteiger partial charge < -0.3 is 9.16 Å². The second-order valence-electron chi connectivity index (χ2n) is 3.31. The summed E-state index contributed by atoms with van der Waals surface area (Å²) in [5.41, 5.74) is 0.828. The van der Waals surface area contributed by atoms with Crippen molar-refractivity contribution in [3.05, 3.63) is 0 Å². The Hall–Kier alpha value is 0.137. The molecule has 0 bridgehead atoms. The van der Waals surface area contributed by atoms with Gasteiger partial charge in [-0.05, 0) is 18.9 Å². The van der Waals surface area contributed by atoms with Crippen molar-refractivity contribution >= 4 is 9.76 Å². The third kappa shape index (κ3) is 6.24. The first-order valence-electron chi connectivity index (χ1n) is 5.51. The van der Waals surface area contributed by atoms with E-state index in [1.807, 2.05) is 6.92 Å². The fourth-order valence-electron chi connectivity index (χ4n) is 1.24. The third-order valence-electron chi connectivity index (χ3n) is 2.36. The third-order valence-corrected chi connectivity index (χ3v) is 4.55. The smallest absolute Gasteiger partial charge is 0.168 e. The van der Waals surface area contributed by atoms with Gasteiger partial charge in [0.25, 0.3) is 0 Å². The van der Waals surface area contributed by atoms with Gasteiger partial charge in [0.2, 0.25) is 0 Å². The van der Waals surface area contributed by atoms with E-state index < -0.39 is 0 Å². The van der Waals surface area contributed by atoms with Gasteiger partial charge in [-0.1, -0.05) is 33.6 Å². The summed E-state index contributed by atoms with van der Waals surface area (Å²) in [5, 5.41) is 0. The van der Waals surface area contributed by atoms with Gasteiger partial charge in [0.15, 0.2) is 9.76 Å². The van der Waals surface area contributed by atoms with Gasteiger partial charge in [-0.2, -0.15) is 0 Å². The van der Waals surface area contributed by atoms with Gasteiger partial charge in [-0.3, -0.25) is 0 Å². The van der Waals surface area contributed by atoms with Crippen LogP contribution in [0.5, 0.6) is 0 Å². The average molecular weight is 204 g/mol. The van der Waals surface area contributed by atoms with E-state index in [4.69, 9.17) is 9.16 Å². The molecule has 0 fully saturated rings. The van der Waals surface area contributed by atoms with Gasteiger partial charge in [0.05, 0.1) is 0 Å². The van der Waals surface area contributed by atoms with Crippen LogP contribution in [-0.4, -0.2) is 22.7 Å². The van der Waals surface area contributed by atoms with E-state index in [0.29, 0.717) is 0 Å². The van der Waals surface area contributed by atoms with Gasteiger partial charge in [0, 0.05) is 6.61 Å². The standard InChI is InChI=1S/C10H24O2Si/c1-5-9(6-2)13-12-10(7-3)11-8-4/h9-10H,5-8,13H2,1-4H3. The van der Waals surface area contributed by atoms with Crippen molar-refractivity contribution in [2.75, 3.05) is 6.61 Å². The molecule has 0 saturated carbocycles. The highest BCUT2D eigenvalue weighted by atomic mass is 28.2. The first-order chi connectivity index (χ1) is 6.28. The number of hydrogen-bond acceptors (Lipinski definition) is 2. The average Bonchev–Trinajstić information content (AvgIpc) is 2.17. The molecule has 1 atom stereocenters. The second kappa shape index (κ2) is 8.72. The van der Waals surface area contributed by atoms with Crippen LogP contribution in [0.15, 0.2) is 0 Å². The largest absolute Gasteiger partial charge is 0.399 e. The topological polar surface area (TPSA) is 18.5 Å².